The first kappa shape index (κ1) is 16.5. The Kier molecular flexibility index (Phi) is 5.46. The summed E-state index contributed by atoms with van der Waals surface area (Å²) in [6, 6.07) is 8.79. The number of halogens is 3. The molecule has 0 aromatic heterocycles. The van der Waals surface area contributed by atoms with E-state index >= 15 is 0 Å². The van der Waals surface area contributed by atoms with Crippen LogP contribution >= 0.6 is 47.8 Å². The summed E-state index contributed by atoms with van der Waals surface area (Å²) in [5.41, 5.74) is 1.00. The minimum Gasteiger partial charge on any atom is -0.496 e. The molecule has 0 aliphatic heterocycles. The second-order valence-corrected chi connectivity index (χ2v) is 6.86. The van der Waals surface area contributed by atoms with E-state index in [-0.39, 0.29) is 5.78 Å². The molecule has 0 aliphatic carbocycles. The van der Waals surface area contributed by atoms with Crippen molar-refractivity contribution < 1.29 is 14.3 Å². The van der Waals surface area contributed by atoms with E-state index < -0.39 is 0 Å². The molecule has 0 N–H and O–H groups in total. The van der Waals surface area contributed by atoms with E-state index in [9.17, 15) is 4.79 Å². The van der Waals surface area contributed by atoms with Gasteiger partial charge in [-0.2, -0.15) is 0 Å². The van der Waals surface area contributed by atoms with Gasteiger partial charge in [0.2, 0.25) is 0 Å². The summed E-state index contributed by atoms with van der Waals surface area (Å²) in [5, 5.41) is 0. The predicted molar refractivity (Wildman–Crippen MR) is 92.5 cm³/mol. The summed E-state index contributed by atoms with van der Waals surface area (Å²) in [4.78, 5) is 12.7. The van der Waals surface area contributed by atoms with Crippen molar-refractivity contribution in [3.8, 4) is 11.5 Å². The first-order valence-corrected chi connectivity index (χ1v) is 8.26. The molecule has 0 bridgehead atoms. The van der Waals surface area contributed by atoms with Gasteiger partial charge in [-0.3, -0.25) is 4.79 Å². The smallest absolute Gasteiger partial charge is 0.196 e. The monoisotopic (exact) mass is 476 g/mol. The molecule has 0 amide bonds. The average molecular weight is 479 g/mol. The van der Waals surface area contributed by atoms with E-state index in [2.05, 4.69) is 47.8 Å². The molecule has 0 atom stereocenters. The van der Waals surface area contributed by atoms with Crippen molar-refractivity contribution in [1.82, 2.24) is 0 Å². The predicted octanol–water partition coefficient (Wildman–Crippen LogP) is 5.22. The molecule has 6 heteroatoms. The van der Waals surface area contributed by atoms with Crippen molar-refractivity contribution >= 4 is 53.6 Å². The zero-order valence-electron chi connectivity index (χ0n) is 11.2. The van der Waals surface area contributed by atoms with Crippen molar-refractivity contribution in [2.75, 3.05) is 14.2 Å². The summed E-state index contributed by atoms with van der Waals surface area (Å²) in [7, 11) is 3.08. The highest BCUT2D eigenvalue weighted by Gasteiger charge is 2.18. The van der Waals surface area contributed by atoms with Crippen molar-refractivity contribution in [3.63, 3.8) is 0 Å². The molecule has 0 unspecified atom stereocenters. The maximum atomic E-state index is 12.7. The third-order valence-corrected chi connectivity index (χ3v) is 4.38. The lowest BCUT2D eigenvalue weighted by atomic mass is 10.0. The van der Waals surface area contributed by atoms with Gasteiger partial charge in [-0.25, -0.2) is 0 Å². The van der Waals surface area contributed by atoms with Gasteiger partial charge in [0.25, 0.3) is 0 Å². The average Bonchev–Trinajstić information content (AvgIpc) is 2.45. The van der Waals surface area contributed by atoms with Crippen LogP contribution in [-0.4, -0.2) is 20.0 Å². The van der Waals surface area contributed by atoms with E-state index in [0.717, 1.165) is 13.4 Å². The molecule has 0 saturated heterocycles. The topological polar surface area (TPSA) is 35.5 Å². The minimum atomic E-state index is -0.139. The third-order valence-electron chi connectivity index (χ3n) is 2.84. The normalized spacial score (nSPS) is 10.3. The van der Waals surface area contributed by atoms with Gasteiger partial charge < -0.3 is 9.47 Å². The van der Waals surface area contributed by atoms with Gasteiger partial charge in [0, 0.05) is 14.5 Å². The Labute approximate surface area is 148 Å². The Balaban J connectivity index is 2.56. The molecule has 0 heterocycles. The van der Waals surface area contributed by atoms with Gasteiger partial charge in [0.1, 0.15) is 11.5 Å². The fourth-order valence-electron chi connectivity index (χ4n) is 1.88. The summed E-state index contributed by atoms with van der Waals surface area (Å²) in [6.45, 7) is 0. The van der Waals surface area contributed by atoms with E-state index in [0.29, 0.717) is 22.6 Å². The van der Waals surface area contributed by atoms with Gasteiger partial charge in [0.15, 0.2) is 5.78 Å². The molecule has 3 nitrogen and oxygen atoms in total. The molecule has 2 aromatic carbocycles. The SMILES string of the molecule is COc1cc(C(=O)c2cc(Br)cc(Br)c2)c(OC)cc1Br. The van der Waals surface area contributed by atoms with E-state index in [4.69, 9.17) is 9.47 Å². The summed E-state index contributed by atoms with van der Waals surface area (Å²) in [6.07, 6.45) is 0. The lowest BCUT2D eigenvalue weighted by molar-refractivity contribution is 0.103. The minimum absolute atomic E-state index is 0.139. The summed E-state index contributed by atoms with van der Waals surface area (Å²) in [5.74, 6) is 0.927. The highest BCUT2D eigenvalue weighted by atomic mass is 79.9. The first-order chi connectivity index (χ1) is 9.96. The lowest BCUT2D eigenvalue weighted by Crippen LogP contribution is -2.05. The van der Waals surface area contributed by atoms with Crippen LogP contribution in [0.2, 0.25) is 0 Å². The van der Waals surface area contributed by atoms with Crippen LogP contribution in [0.15, 0.2) is 43.7 Å². The quantitative estimate of drug-likeness (QED) is 0.565. The maximum Gasteiger partial charge on any atom is 0.196 e. The molecule has 0 saturated carbocycles. The Hall–Kier alpha value is -0.850. The Morgan fingerprint density at radius 1 is 0.857 bits per heavy atom. The number of hydrogen-bond acceptors (Lipinski definition) is 3. The highest BCUT2D eigenvalue weighted by molar-refractivity contribution is 9.11. The van der Waals surface area contributed by atoms with Crippen LogP contribution in [0.3, 0.4) is 0 Å². The molecule has 0 radical (unpaired) electrons. The standard InChI is InChI=1S/C15H11Br3O3/c1-20-13-7-12(18)14(21-2)6-11(13)15(19)8-3-9(16)5-10(17)4-8/h3-7H,1-2H3. The van der Waals surface area contributed by atoms with Gasteiger partial charge in [0.05, 0.1) is 24.3 Å². The van der Waals surface area contributed by atoms with Crippen LogP contribution in [0.1, 0.15) is 15.9 Å². The second kappa shape index (κ2) is 6.94. The van der Waals surface area contributed by atoms with Gasteiger partial charge in [-0.15, -0.1) is 0 Å². The summed E-state index contributed by atoms with van der Waals surface area (Å²) < 4.78 is 12.9. The molecule has 0 fully saturated rings. The fourth-order valence-corrected chi connectivity index (χ4v) is 3.66. The van der Waals surface area contributed by atoms with Crippen molar-refractivity contribution in [1.29, 1.82) is 0 Å². The summed E-state index contributed by atoms with van der Waals surface area (Å²) >= 11 is 10.1. The Morgan fingerprint density at radius 2 is 1.43 bits per heavy atom. The second-order valence-electron chi connectivity index (χ2n) is 4.17. The zero-order chi connectivity index (χ0) is 15.6. The van der Waals surface area contributed by atoms with Gasteiger partial charge in [-0.1, -0.05) is 31.9 Å². The lowest BCUT2D eigenvalue weighted by Gasteiger charge is -2.12. The number of hydrogen-bond donors (Lipinski definition) is 0. The van der Waals surface area contributed by atoms with Crippen LogP contribution in [0.25, 0.3) is 0 Å². The van der Waals surface area contributed by atoms with Crippen molar-refractivity contribution in [2.24, 2.45) is 0 Å². The molecule has 0 spiro atoms. The van der Waals surface area contributed by atoms with Crippen LogP contribution in [0.4, 0.5) is 0 Å². The van der Waals surface area contributed by atoms with E-state index in [1.54, 1.807) is 31.4 Å². The number of carbonyl (C=O) groups excluding carboxylic acids is 1. The third kappa shape index (κ3) is 3.67. The van der Waals surface area contributed by atoms with E-state index in [1.165, 1.54) is 7.11 Å². The Morgan fingerprint density at radius 3 is 1.95 bits per heavy atom. The van der Waals surface area contributed by atoms with Crippen LogP contribution in [0, 0.1) is 0 Å². The van der Waals surface area contributed by atoms with Gasteiger partial charge in [-0.05, 0) is 46.3 Å². The number of methoxy groups -OCH3 is 2. The molecular formula is C15H11Br3O3. The number of rotatable bonds is 4. The number of benzene rings is 2. The molecule has 110 valence electrons. The van der Waals surface area contributed by atoms with Crippen LogP contribution in [-0.2, 0) is 0 Å². The maximum absolute atomic E-state index is 12.7. The number of carbonyl (C=O) groups is 1. The van der Waals surface area contributed by atoms with Crippen LogP contribution in [0.5, 0.6) is 11.5 Å². The molecule has 2 aromatic rings. The van der Waals surface area contributed by atoms with Crippen molar-refractivity contribution in [2.45, 2.75) is 0 Å². The Bertz CT molecular complexity index is 679. The van der Waals surface area contributed by atoms with E-state index in [1.807, 2.05) is 6.07 Å². The van der Waals surface area contributed by atoms with Crippen LogP contribution < -0.4 is 9.47 Å². The molecule has 0 aliphatic rings. The van der Waals surface area contributed by atoms with Gasteiger partial charge >= 0.3 is 0 Å². The number of ketones is 1. The van der Waals surface area contributed by atoms with Crippen molar-refractivity contribution in [3.05, 3.63) is 54.9 Å². The molecule has 2 rings (SSSR count). The largest absolute Gasteiger partial charge is 0.496 e. The number of ether oxygens (including phenoxy) is 2. The fraction of sp³-hybridized carbons (Fsp3) is 0.133. The zero-order valence-corrected chi connectivity index (χ0v) is 16.0. The molecule has 21 heavy (non-hydrogen) atoms. The molecular weight excluding hydrogens is 468 g/mol. The first-order valence-electron chi connectivity index (χ1n) is 5.88. The highest BCUT2D eigenvalue weighted by Crippen LogP contribution is 2.34.